The average molecular weight is 300 g/mol. The van der Waals surface area contributed by atoms with E-state index in [0.29, 0.717) is 17.9 Å². The van der Waals surface area contributed by atoms with Crippen molar-refractivity contribution in [3.8, 4) is 0 Å². The van der Waals surface area contributed by atoms with E-state index in [9.17, 15) is 8.42 Å². The molecule has 0 aliphatic heterocycles. The molecule has 1 aromatic carbocycles. The van der Waals surface area contributed by atoms with E-state index in [4.69, 9.17) is 10.9 Å². The molecule has 0 spiro atoms. The van der Waals surface area contributed by atoms with Crippen LogP contribution in [0.4, 0.5) is 11.4 Å². The van der Waals surface area contributed by atoms with Gasteiger partial charge in [-0.05, 0) is 37.7 Å². The van der Waals surface area contributed by atoms with Crippen LogP contribution in [0.1, 0.15) is 13.8 Å². The Morgan fingerprint density at radius 3 is 2.40 bits per heavy atom. The summed E-state index contributed by atoms with van der Waals surface area (Å²) in [7, 11) is 0.202. The molecule has 7 heteroatoms. The Morgan fingerprint density at radius 1 is 1.30 bits per heavy atom. The van der Waals surface area contributed by atoms with Crippen molar-refractivity contribution in [2.75, 3.05) is 38.2 Å². The molecule has 0 amide bonds. The standard InChI is InChI=1S/C13H24N4O2S/c1-13(2,9-17(3)4)8-16-11-6-5-10(14)7-12(11)20(15,18)19/h5-7,16H,8-9,14H2,1-4H3,(H2,15,18,19). The lowest BCUT2D eigenvalue weighted by atomic mass is 9.93. The first-order valence-electron chi connectivity index (χ1n) is 6.32. The van der Waals surface area contributed by atoms with Gasteiger partial charge >= 0.3 is 0 Å². The molecule has 6 nitrogen and oxygen atoms in total. The predicted octanol–water partition coefficient (Wildman–Crippen LogP) is 0.916. The molecule has 0 radical (unpaired) electrons. The van der Waals surface area contributed by atoms with E-state index in [1.807, 2.05) is 14.1 Å². The molecule has 114 valence electrons. The molecule has 1 rings (SSSR count). The van der Waals surface area contributed by atoms with Gasteiger partial charge in [-0.3, -0.25) is 0 Å². The molecule has 0 aliphatic rings. The third kappa shape index (κ3) is 4.99. The number of primary sulfonamides is 1. The summed E-state index contributed by atoms with van der Waals surface area (Å²) in [6.45, 7) is 5.71. The van der Waals surface area contributed by atoms with E-state index in [0.717, 1.165) is 6.54 Å². The predicted molar refractivity (Wildman–Crippen MR) is 83.1 cm³/mol. The third-order valence-corrected chi connectivity index (χ3v) is 3.76. The minimum atomic E-state index is -3.80. The van der Waals surface area contributed by atoms with E-state index in [-0.39, 0.29) is 10.3 Å². The Morgan fingerprint density at radius 2 is 1.90 bits per heavy atom. The number of rotatable bonds is 6. The van der Waals surface area contributed by atoms with Crippen LogP contribution in [0.15, 0.2) is 23.1 Å². The second-order valence-electron chi connectivity index (χ2n) is 6.06. The molecule has 1 aromatic rings. The van der Waals surface area contributed by atoms with Crippen LogP contribution in [-0.4, -0.2) is 40.5 Å². The number of anilines is 2. The van der Waals surface area contributed by atoms with Crippen molar-refractivity contribution in [2.45, 2.75) is 18.7 Å². The lowest BCUT2D eigenvalue weighted by Gasteiger charge is -2.29. The Bertz CT molecular complexity index is 568. The first-order chi connectivity index (χ1) is 9.01. The van der Waals surface area contributed by atoms with Crippen molar-refractivity contribution in [1.29, 1.82) is 0 Å². The largest absolute Gasteiger partial charge is 0.399 e. The highest BCUT2D eigenvalue weighted by Crippen LogP contribution is 2.25. The number of nitrogens with one attached hydrogen (secondary N) is 1. The van der Waals surface area contributed by atoms with Crippen LogP contribution in [0, 0.1) is 5.41 Å². The van der Waals surface area contributed by atoms with Crippen LogP contribution in [-0.2, 0) is 10.0 Å². The fourth-order valence-electron chi connectivity index (χ4n) is 2.17. The van der Waals surface area contributed by atoms with Gasteiger partial charge in [0, 0.05) is 18.8 Å². The molecule has 0 aliphatic carbocycles. The average Bonchev–Trinajstić information content (AvgIpc) is 2.24. The van der Waals surface area contributed by atoms with Crippen LogP contribution >= 0.6 is 0 Å². The summed E-state index contributed by atoms with van der Waals surface area (Å²) in [5, 5.41) is 8.37. The fourth-order valence-corrected chi connectivity index (χ4v) is 2.91. The van der Waals surface area contributed by atoms with Gasteiger partial charge in [-0.1, -0.05) is 13.8 Å². The van der Waals surface area contributed by atoms with Gasteiger partial charge in [-0.15, -0.1) is 0 Å². The molecule has 0 saturated carbocycles. The van der Waals surface area contributed by atoms with Crippen LogP contribution in [0.2, 0.25) is 0 Å². The lowest BCUT2D eigenvalue weighted by Crippen LogP contribution is -2.34. The molecular weight excluding hydrogens is 276 g/mol. The quantitative estimate of drug-likeness (QED) is 0.678. The van der Waals surface area contributed by atoms with Crippen LogP contribution < -0.4 is 16.2 Å². The molecule has 0 aromatic heterocycles. The first-order valence-corrected chi connectivity index (χ1v) is 7.87. The van der Waals surface area contributed by atoms with E-state index < -0.39 is 10.0 Å². The summed E-state index contributed by atoms with van der Waals surface area (Å²) < 4.78 is 23.2. The van der Waals surface area contributed by atoms with Crippen molar-refractivity contribution in [1.82, 2.24) is 4.90 Å². The second-order valence-corrected chi connectivity index (χ2v) is 7.59. The topological polar surface area (TPSA) is 101 Å². The van der Waals surface area contributed by atoms with Crippen molar-refractivity contribution < 1.29 is 8.42 Å². The zero-order valence-electron chi connectivity index (χ0n) is 12.5. The first kappa shape index (κ1) is 16.7. The Hall–Kier alpha value is -1.31. The smallest absolute Gasteiger partial charge is 0.240 e. The Balaban J connectivity index is 2.94. The van der Waals surface area contributed by atoms with Gasteiger partial charge < -0.3 is 16.0 Å². The number of nitrogens with two attached hydrogens (primary N) is 2. The molecule has 0 fully saturated rings. The van der Waals surface area contributed by atoms with Crippen molar-refractivity contribution in [2.24, 2.45) is 10.6 Å². The fraction of sp³-hybridized carbons (Fsp3) is 0.538. The molecule has 20 heavy (non-hydrogen) atoms. The monoisotopic (exact) mass is 300 g/mol. The normalized spacial score (nSPS) is 12.7. The molecule has 5 N–H and O–H groups in total. The molecule has 0 bridgehead atoms. The summed E-state index contributed by atoms with van der Waals surface area (Å²) in [4.78, 5) is 2.11. The molecule has 0 atom stereocenters. The van der Waals surface area contributed by atoms with Gasteiger partial charge in [0.2, 0.25) is 10.0 Å². The summed E-state index contributed by atoms with van der Waals surface area (Å²) in [6.07, 6.45) is 0. The van der Waals surface area contributed by atoms with E-state index in [1.165, 1.54) is 6.07 Å². The molecule has 0 saturated heterocycles. The van der Waals surface area contributed by atoms with E-state index in [1.54, 1.807) is 12.1 Å². The van der Waals surface area contributed by atoms with E-state index >= 15 is 0 Å². The second kappa shape index (κ2) is 5.99. The van der Waals surface area contributed by atoms with Gasteiger partial charge in [0.05, 0.1) is 5.69 Å². The Labute approximate surface area is 121 Å². The SMILES string of the molecule is CN(C)CC(C)(C)CNc1ccc(N)cc1S(N)(=O)=O. The van der Waals surface area contributed by atoms with Gasteiger partial charge in [-0.25, -0.2) is 13.6 Å². The highest BCUT2D eigenvalue weighted by atomic mass is 32.2. The minimum absolute atomic E-state index is 0.0134. The minimum Gasteiger partial charge on any atom is -0.399 e. The number of benzene rings is 1. The van der Waals surface area contributed by atoms with Crippen LogP contribution in [0.3, 0.4) is 0 Å². The number of hydrogen-bond donors (Lipinski definition) is 3. The molecule has 0 heterocycles. The summed E-state index contributed by atoms with van der Waals surface area (Å²) >= 11 is 0. The maximum atomic E-state index is 11.6. The van der Waals surface area contributed by atoms with Crippen LogP contribution in [0.5, 0.6) is 0 Å². The maximum Gasteiger partial charge on any atom is 0.240 e. The molecule has 0 unspecified atom stereocenters. The molecular formula is C13H24N4O2S. The third-order valence-electron chi connectivity index (χ3n) is 2.81. The Kier molecular flexibility index (Phi) is 5.01. The van der Waals surface area contributed by atoms with Crippen molar-refractivity contribution >= 4 is 21.4 Å². The van der Waals surface area contributed by atoms with Gasteiger partial charge in [0.25, 0.3) is 0 Å². The van der Waals surface area contributed by atoms with Crippen molar-refractivity contribution in [3.63, 3.8) is 0 Å². The number of sulfonamides is 1. The zero-order valence-corrected chi connectivity index (χ0v) is 13.3. The van der Waals surface area contributed by atoms with Gasteiger partial charge in [-0.2, -0.15) is 0 Å². The highest BCUT2D eigenvalue weighted by molar-refractivity contribution is 7.89. The van der Waals surface area contributed by atoms with Crippen LogP contribution in [0.25, 0.3) is 0 Å². The van der Waals surface area contributed by atoms with Gasteiger partial charge in [0.1, 0.15) is 4.90 Å². The van der Waals surface area contributed by atoms with Gasteiger partial charge in [0.15, 0.2) is 0 Å². The summed E-state index contributed by atoms with van der Waals surface area (Å²) in [6, 6.07) is 4.66. The van der Waals surface area contributed by atoms with E-state index in [2.05, 4.69) is 24.1 Å². The number of nitrogens with zero attached hydrogens (tertiary/aromatic N) is 1. The zero-order chi connectivity index (χ0) is 15.6. The summed E-state index contributed by atoms with van der Waals surface area (Å²) in [5.74, 6) is 0. The summed E-state index contributed by atoms with van der Waals surface area (Å²) in [5.41, 5.74) is 6.45. The lowest BCUT2D eigenvalue weighted by molar-refractivity contribution is 0.254. The maximum absolute atomic E-state index is 11.6. The van der Waals surface area contributed by atoms with Crippen molar-refractivity contribution in [3.05, 3.63) is 18.2 Å². The highest BCUT2D eigenvalue weighted by Gasteiger charge is 2.21. The number of nitrogen functional groups attached to an aromatic ring is 1. The number of hydrogen-bond acceptors (Lipinski definition) is 5.